The standard InChI is InChI=1S/C21H20N2S/c22-21(24)19-13-11-18(12-14-19)16-23(20-9-5-2-6-10-20)15-17-7-3-1-4-8-17/h1-14H,15-16H2,(H2,22,24). The monoisotopic (exact) mass is 332 g/mol. The summed E-state index contributed by atoms with van der Waals surface area (Å²) in [6.45, 7) is 1.69. The highest BCUT2D eigenvalue weighted by molar-refractivity contribution is 7.80. The van der Waals surface area contributed by atoms with E-state index in [0.29, 0.717) is 4.99 Å². The number of thiocarbonyl (C=S) groups is 1. The van der Waals surface area contributed by atoms with Gasteiger partial charge in [0.1, 0.15) is 4.99 Å². The normalized spacial score (nSPS) is 10.3. The van der Waals surface area contributed by atoms with Gasteiger partial charge in [0, 0.05) is 24.3 Å². The molecular weight excluding hydrogens is 312 g/mol. The zero-order chi connectivity index (χ0) is 16.8. The van der Waals surface area contributed by atoms with Gasteiger partial charge in [-0.05, 0) is 23.3 Å². The van der Waals surface area contributed by atoms with Crippen LogP contribution in [0.2, 0.25) is 0 Å². The molecule has 0 aromatic heterocycles. The zero-order valence-corrected chi connectivity index (χ0v) is 14.2. The first-order valence-electron chi connectivity index (χ1n) is 7.95. The van der Waals surface area contributed by atoms with E-state index in [9.17, 15) is 0 Å². The first-order valence-corrected chi connectivity index (χ1v) is 8.36. The molecule has 3 rings (SSSR count). The fourth-order valence-electron chi connectivity index (χ4n) is 2.68. The van der Waals surface area contributed by atoms with E-state index in [-0.39, 0.29) is 0 Å². The Morgan fingerprint density at radius 2 is 1.21 bits per heavy atom. The summed E-state index contributed by atoms with van der Waals surface area (Å²) in [7, 11) is 0. The predicted molar refractivity (Wildman–Crippen MR) is 105 cm³/mol. The summed E-state index contributed by atoms with van der Waals surface area (Å²) in [4.78, 5) is 2.80. The molecule has 3 heteroatoms. The van der Waals surface area contributed by atoms with E-state index in [0.717, 1.165) is 18.7 Å². The van der Waals surface area contributed by atoms with Crippen molar-refractivity contribution in [1.82, 2.24) is 0 Å². The van der Waals surface area contributed by atoms with Crippen molar-refractivity contribution >= 4 is 22.9 Å². The minimum absolute atomic E-state index is 0.436. The lowest BCUT2D eigenvalue weighted by Crippen LogP contribution is -2.22. The van der Waals surface area contributed by atoms with Crippen LogP contribution in [-0.2, 0) is 13.1 Å². The Morgan fingerprint density at radius 1 is 0.708 bits per heavy atom. The Hall–Kier alpha value is -2.65. The van der Waals surface area contributed by atoms with Gasteiger partial charge in [-0.25, -0.2) is 0 Å². The minimum Gasteiger partial charge on any atom is -0.389 e. The van der Waals surface area contributed by atoms with Gasteiger partial charge in [0.05, 0.1) is 0 Å². The molecule has 3 aromatic carbocycles. The molecule has 0 bridgehead atoms. The molecule has 2 N–H and O–H groups in total. The maximum absolute atomic E-state index is 5.68. The summed E-state index contributed by atoms with van der Waals surface area (Å²) in [6, 6.07) is 29.2. The van der Waals surface area contributed by atoms with Crippen LogP contribution in [0.25, 0.3) is 0 Å². The summed E-state index contributed by atoms with van der Waals surface area (Å²) < 4.78 is 0. The summed E-state index contributed by atoms with van der Waals surface area (Å²) >= 11 is 5.02. The van der Waals surface area contributed by atoms with E-state index < -0.39 is 0 Å². The van der Waals surface area contributed by atoms with Crippen molar-refractivity contribution in [2.45, 2.75) is 13.1 Å². The molecule has 2 nitrogen and oxygen atoms in total. The quantitative estimate of drug-likeness (QED) is 0.673. The lowest BCUT2D eigenvalue weighted by Gasteiger charge is -2.25. The van der Waals surface area contributed by atoms with Gasteiger partial charge in [-0.1, -0.05) is 85.0 Å². The molecule has 0 saturated heterocycles. The van der Waals surface area contributed by atoms with Crippen molar-refractivity contribution in [3.63, 3.8) is 0 Å². The predicted octanol–water partition coefficient (Wildman–Crippen LogP) is 4.53. The Bertz CT molecular complexity index is 783. The maximum Gasteiger partial charge on any atom is 0.103 e. The Balaban J connectivity index is 1.83. The second kappa shape index (κ2) is 7.75. The summed E-state index contributed by atoms with van der Waals surface area (Å²) in [5.41, 5.74) is 10.3. The van der Waals surface area contributed by atoms with Crippen molar-refractivity contribution in [2.24, 2.45) is 5.73 Å². The fourth-order valence-corrected chi connectivity index (χ4v) is 2.81. The fraction of sp³-hybridized carbons (Fsp3) is 0.0952. The molecule has 0 atom stereocenters. The largest absolute Gasteiger partial charge is 0.389 e. The molecule has 0 aliphatic heterocycles. The van der Waals surface area contributed by atoms with Crippen molar-refractivity contribution in [3.8, 4) is 0 Å². The highest BCUT2D eigenvalue weighted by atomic mass is 32.1. The molecule has 0 spiro atoms. The van der Waals surface area contributed by atoms with Crippen LogP contribution >= 0.6 is 12.2 Å². The number of hydrogen-bond donors (Lipinski definition) is 1. The molecule has 0 heterocycles. The average Bonchev–Trinajstić information content (AvgIpc) is 2.63. The van der Waals surface area contributed by atoms with E-state index in [4.69, 9.17) is 18.0 Å². The molecule has 0 aliphatic carbocycles. The van der Waals surface area contributed by atoms with E-state index in [1.54, 1.807) is 0 Å². The molecular formula is C21H20N2S. The molecule has 0 unspecified atom stereocenters. The molecule has 3 aromatic rings. The van der Waals surface area contributed by atoms with Gasteiger partial charge >= 0.3 is 0 Å². The summed E-state index contributed by atoms with van der Waals surface area (Å²) in [6.07, 6.45) is 0. The van der Waals surface area contributed by atoms with Crippen LogP contribution in [0, 0.1) is 0 Å². The number of rotatable bonds is 6. The first-order chi connectivity index (χ1) is 11.7. The molecule has 0 fully saturated rings. The van der Waals surface area contributed by atoms with Crippen LogP contribution in [0.1, 0.15) is 16.7 Å². The van der Waals surface area contributed by atoms with E-state index in [1.165, 1.54) is 16.8 Å². The van der Waals surface area contributed by atoms with Crippen molar-refractivity contribution in [2.75, 3.05) is 4.90 Å². The highest BCUT2D eigenvalue weighted by Gasteiger charge is 2.08. The van der Waals surface area contributed by atoms with Gasteiger partial charge in [0.2, 0.25) is 0 Å². The lowest BCUT2D eigenvalue weighted by molar-refractivity contribution is 0.800. The second-order valence-electron chi connectivity index (χ2n) is 5.74. The number of anilines is 1. The number of para-hydroxylation sites is 1. The van der Waals surface area contributed by atoms with Crippen molar-refractivity contribution in [1.29, 1.82) is 0 Å². The van der Waals surface area contributed by atoms with Gasteiger partial charge in [0.15, 0.2) is 0 Å². The van der Waals surface area contributed by atoms with Crippen LogP contribution in [0.3, 0.4) is 0 Å². The molecule has 120 valence electrons. The SMILES string of the molecule is NC(=S)c1ccc(CN(Cc2ccccc2)c2ccccc2)cc1. The molecule has 24 heavy (non-hydrogen) atoms. The van der Waals surface area contributed by atoms with Crippen molar-refractivity contribution in [3.05, 3.63) is 102 Å². The van der Waals surface area contributed by atoms with Crippen molar-refractivity contribution < 1.29 is 0 Å². The van der Waals surface area contributed by atoms with E-state index in [2.05, 4.69) is 65.6 Å². The molecule has 0 radical (unpaired) electrons. The molecule has 0 aliphatic rings. The van der Waals surface area contributed by atoms with Crippen LogP contribution in [0.4, 0.5) is 5.69 Å². The van der Waals surface area contributed by atoms with Gasteiger partial charge in [-0.3, -0.25) is 0 Å². The van der Waals surface area contributed by atoms with Crippen LogP contribution in [0.15, 0.2) is 84.9 Å². The lowest BCUT2D eigenvalue weighted by atomic mass is 10.1. The first kappa shape index (κ1) is 16.2. The van der Waals surface area contributed by atoms with Crippen LogP contribution in [0.5, 0.6) is 0 Å². The number of nitrogens with two attached hydrogens (primary N) is 1. The average molecular weight is 332 g/mol. The van der Waals surface area contributed by atoms with Gasteiger partial charge in [-0.2, -0.15) is 0 Å². The number of nitrogens with zero attached hydrogens (tertiary/aromatic N) is 1. The zero-order valence-electron chi connectivity index (χ0n) is 13.4. The number of hydrogen-bond acceptors (Lipinski definition) is 2. The third-order valence-electron chi connectivity index (χ3n) is 3.95. The Morgan fingerprint density at radius 3 is 1.75 bits per heavy atom. The minimum atomic E-state index is 0.436. The van der Waals surface area contributed by atoms with Gasteiger partial charge in [-0.15, -0.1) is 0 Å². The Labute approximate surface area is 148 Å². The Kier molecular flexibility index (Phi) is 5.24. The van der Waals surface area contributed by atoms with Gasteiger partial charge in [0.25, 0.3) is 0 Å². The highest BCUT2D eigenvalue weighted by Crippen LogP contribution is 2.20. The maximum atomic E-state index is 5.68. The molecule has 0 saturated carbocycles. The van der Waals surface area contributed by atoms with E-state index in [1.807, 2.05) is 24.3 Å². The third kappa shape index (κ3) is 4.21. The smallest absolute Gasteiger partial charge is 0.103 e. The van der Waals surface area contributed by atoms with Gasteiger partial charge < -0.3 is 10.6 Å². The summed E-state index contributed by atoms with van der Waals surface area (Å²) in [5.74, 6) is 0. The summed E-state index contributed by atoms with van der Waals surface area (Å²) in [5, 5.41) is 0. The second-order valence-corrected chi connectivity index (χ2v) is 6.18. The van der Waals surface area contributed by atoms with Crippen LogP contribution < -0.4 is 10.6 Å². The molecule has 0 amide bonds. The topological polar surface area (TPSA) is 29.3 Å². The van der Waals surface area contributed by atoms with E-state index >= 15 is 0 Å². The van der Waals surface area contributed by atoms with Crippen LogP contribution in [-0.4, -0.2) is 4.99 Å². The number of benzene rings is 3. The third-order valence-corrected chi connectivity index (χ3v) is 4.19.